The minimum Gasteiger partial charge on any atom is -0.497 e. The predicted molar refractivity (Wildman–Crippen MR) is 100 cm³/mol. The van der Waals surface area contributed by atoms with E-state index in [-0.39, 0.29) is 24.4 Å². The van der Waals surface area contributed by atoms with Crippen LogP contribution in [-0.2, 0) is 0 Å². The van der Waals surface area contributed by atoms with Crippen molar-refractivity contribution in [3.8, 4) is 5.75 Å². The molecule has 6 heteroatoms. The molecule has 2 heterocycles. The summed E-state index contributed by atoms with van der Waals surface area (Å²) < 4.78 is 5.25. The quantitative estimate of drug-likeness (QED) is 0.893. The van der Waals surface area contributed by atoms with Crippen LogP contribution in [0.15, 0.2) is 24.3 Å². The number of rotatable bonds is 2. The molecule has 5 nitrogen and oxygen atoms in total. The molecule has 1 aliphatic carbocycles. The third-order valence-electron chi connectivity index (χ3n) is 5.65. The van der Waals surface area contributed by atoms with Crippen molar-refractivity contribution in [2.75, 3.05) is 20.2 Å². The number of carbonyl (C=O) groups is 1. The summed E-state index contributed by atoms with van der Waals surface area (Å²) in [6.45, 7) is 3.51. The van der Waals surface area contributed by atoms with Gasteiger partial charge in [0.15, 0.2) is 0 Å². The Bertz CT molecular complexity index is 811. The highest BCUT2D eigenvalue weighted by atomic mass is 35.5. The molecule has 1 saturated carbocycles. The van der Waals surface area contributed by atoms with Crippen molar-refractivity contribution in [3.63, 3.8) is 0 Å². The van der Waals surface area contributed by atoms with Crippen LogP contribution in [-0.4, -0.2) is 42.0 Å². The molecule has 0 spiro atoms. The van der Waals surface area contributed by atoms with Crippen molar-refractivity contribution < 1.29 is 9.53 Å². The van der Waals surface area contributed by atoms with E-state index in [0.717, 1.165) is 48.3 Å². The van der Waals surface area contributed by atoms with E-state index in [1.807, 2.05) is 36.1 Å². The number of benzene rings is 1. The third kappa shape index (κ3) is 3.07. The van der Waals surface area contributed by atoms with Crippen molar-refractivity contribution in [1.29, 1.82) is 0 Å². The van der Waals surface area contributed by atoms with Gasteiger partial charge in [-0.25, -0.2) is 0 Å². The highest BCUT2D eigenvalue weighted by Gasteiger charge is 2.42. The second-order valence-corrected chi connectivity index (χ2v) is 7.06. The summed E-state index contributed by atoms with van der Waals surface area (Å²) in [5, 5.41) is 0.959. The van der Waals surface area contributed by atoms with E-state index in [4.69, 9.17) is 10.5 Å². The summed E-state index contributed by atoms with van der Waals surface area (Å²) in [5.41, 5.74) is 8.50. The predicted octanol–water partition coefficient (Wildman–Crippen LogP) is 2.78. The molecule has 0 radical (unpaired) electrons. The number of halogens is 1. The molecule has 0 bridgehead atoms. The molecule has 134 valence electrons. The minimum absolute atomic E-state index is 0. The zero-order valence-corrected chi connectivity index (χ0v) is 15.4. The average molecular weight is 362 g/mol. The lowest BCUT2D eigenvalue weighted by Gasteiger charge is -2.20. The van der Waals surface area contributed by atoms with Gasteiger partial charge in [-0.1, -0.05) is 0 Å². The molecule has 1 aromatic heterocycles. The monoisotopic (exact) mass is 361 g/mol. The van der Waals surface area contributed by atoms with Crippen LogP contribution in [0.2, 0.25) is 0 Å². The van der Waals surface area contributed by atoms with E-state index in [1.165, 1.54) is 0 Å². The van der Waals surface area contributed by atoms with Crippen LogP contribution in [0.4, 0.5) is 0 Å². The Morgan fingerprint density at radius 1 is 1.28 bits per heavy atom. The molecule has 1 aliphatic heterocycles. The number of likely N-dealkylation sites (tertiary alicyclic amines) is 1. The van der Waals surface area contributed by atoms with Crippen molar-refractivity contribution in [2.24, 2.45) is 17.6 Å². The fraction of sp³-hybridized carbons (Fsp3) is 0.474. The standard InChI is InChI=1S/C19H23N3O2.ClH/c1-11-15(7-12-3-5-14(24-2)8-18(12)21-11)19(23)22-9-13-4-6-17(20)16(13)10-22;/h3,5,7-8,13,16-17H,4,6,9-10,20H2,1-2H3;1H. The number of aromatic nitrogens is 1. The first-order valence-corrected chi connectivity index (χ1v) is 8.57. The Kier molecular flexibility index (Phi) is 4.89. The Morgan fingerprint density at radius 3 is 2.80 bits per heavy atom. The number of hydrogen-bond acceptors (Lipinski definition) is 4. The summed E-state index contributed by atoms with van der Waals surface area (Å²) in [5.74, 6) is 1.89. The number of nitrogens with zero attached hydrogens (tertiary/aromatic N) is 2. The van der Waals surface area contributed by atoms with E-state index < -0.39 is 0 Å². The van der Waals surface area contributed by atoms with Crippen LogP contribution >= 0.6 is 12.4 Å². The van der Waals surface area contributed by atoms with Crippen molar-refractivity contribution in [3.05, 3.63) is 35.5 Å². The van der Waals surface area contributed by atoms with Crippen molar-refractivity contribution in [1.82, 2.24) is 9.88 Å². The summed E-state index contributed by atoms with van der Waals surface area (Å²) in [4.78, 5) is 19.6. The van der Waals surface area contributed by atoms with E-state index in [0.29, 0.717) is 17.4 Å². The van der Waals surface area contributed by atoms with Gasteiger partial charge in [0, 0.05) is 30.6 Å². The van der Waals surface area contributed by atoms with Gasteiger partial charge in [0.05, 0.1) is 23.9 Å². The largest absolute Gasteiger partial charge is 0.497 e. The Balaban J connectivity index is 0.00000182. The van der Waals surface area contributed by atoms with E-state index in [9.17, 15) is 4.79 Å². The van der Waals surface area contributed by atoms with Gasteiger partial charge >= 0.3 is 0 Å². The van der Waals surface area contributed by atoms with Gasteiger partial charge in [-0.2, -0.15) is 0 Å². The summed E-state index contributed by atoms with van der Waals surface area (Å²) in [6, 6.07) is 7.94. The first-order chi connectivity index (χ1) is 11.6. The first-order valence-electron chi connectivity index (χ1n) is 8.57. The van der Waals surface area contributed by atoms with Gasteiger partial charge < -0.3 is 15.4 Å². The van der Waals surface area contributed by atoms with Gasteiger partial charge in [0.2, 0.25) is 0 Å². The van der Waals surface area contributed by atoms with Crippen LogP contribution in [0.5, 0.6) is 5.75 Å². The highest BCUT2D eigenvalue weighted by molar-refractivity contribution is 5.99. The summed E-state index contributed by atoms with van der Waals surface area (Å²) in [6.07, 6.45) is 2.24. The first kappa shape index (κ1) is 18.0. The zero-order chi connectivity index (χ0) is 16.8. The molecule has 1 aromatic carbocycles. The second-order valence-electron chi connectivity index (χ2n) is 7.06. The molecule has 25 heavy (non-hydrogen) atoms. The molecule has 4 rings (SSSR count). The molecule has 2 aromatic rings. The number of carbonyl (C=O) groups excluding carboxylic acids is 1. The van der Waals surface area contributed by atoms with Gasteiger partial charge in [0.1, 0.15) is 5.75 Å². The maximum atomic E-state index is 13.0. The summed E-state index contributed by atoms with van der Waals surface area (Å²) in [7, 11) is 1.64. The number of pyridine rings is 1. The maximum Gasteiger partial charge on any atom is 0.255 e. The van der Waals surface area contributed by atoms with Crippen LogP contribution in [0.25, 0.3) is 10.9 Å². The average Bonchev–Trinajstić information content (AvgIpc) is 3.15. The smallest absolute Gasteiger partial charge is 0.255 e. The number of fused-ring (bicyclic) bond motifs is 2. The number of aryl methyl sites for hydroxylation is 1. The molecular formula is C19H24ClN3O2. The van der Waals surface area contributed by atoms with Gasteiger partial charge in [-0.05, 0) is 49.8 Å². The lowest BCUT2D eigenvalue weighted by atomic mass is 9.98. The molecule has 2 N–H and O–H groups in total. The second kappa shape index (κ2) is 6.81. The summed E-state index contributed by atoms with van der Waals surface area (Å²) >= 11 is 0. The topological polar surface area (TPSA) is 68.5 Å². The molecular weight excluding hydrogens is 338 g/mol. The molecule has 2 fully saturated rings. The Labute approximate surface area is 153 Å². The highest BCUT2D eigenvalue weighted by Crippen LogP contribution is 2.37. The lowest BCUT2D eigenvalue weighted by molar-refractivity contribution is 0.0778. The lowest BCUT2D eigenvalue weighted by Crippen LogP contribution is -2.33. The zero-order valence-electron chi connectivity index (χ0n) is 14.6. The maximum absolute atomic E-state index is 13.0. The molecule has 1 amide bonds. The third-order valence-corrected chi connectivity index (χ3v) is 5.65. The fourth-order valence-electron chi connectivity index (χ4n) is 4.23. The van der Waals surface area contributed by atoms with Crippen LogP contribution in [0, 0.1) is 18.8 Å². The van der Waals surface area contributed by atoms with Crippen LogP contribution in [0.1, 0.15) is 28.9 Å². The minimum atomic E-state index is 0. The van der Waals surface area contributed by atoms with E-state index >= 15 is 0 Å². The number of methoxy groups -OCH3 is 1. The molecule has 1 saturated heterocycles. The Hall–Kier alpha value is -1.85. The normalized spacial score (nSPS) is 24.9. The number of nitrogens with two attached hydrogens (primary N) is 1. The molecule has 3 unspecified atom stereocenters. The SMILES string of the molecule is COc1ccc2cc(C(=O)N3CC4CCC(N)C4C3)c(C)nc2c1.Cl. The molecule has 3 atom stereocenters. The fourth-order valence-corrected chi connectivity index (χ4v) is 4.23. The Morgan fingerprint density at radius 2 is 2.08 bits per heavy atom. The van der Waals surface area contributed by atoms with Crippen LogP contribution in [0.3, 0.4) is 0 Å². The van der Waals surface area contributed by atoms with Crippen LogP contribution < -0.4 is 10.5 Å². The van der Waals surface area contributed by atoms with Crippen molar-refractivity contribution >= 4 is 29.2 Å². The molecule has 2 aliphatic rings. The van der Waals surface area contributed by atoms with Gasteiger partial charge in [-0.3, -0.25) is 9.78 Å². The number of ether oxygens (including phenoxy) is 1. The van der Waals surface area contributed by atoms with Gasteiger partial charge in [0.25, 0.3) is 5.91 Å². The number of hydrogen-bond donors (Lipinski definition) is 1. The van der Waals surface area contributed by atoms with E-state index in [1.54, 1.807) is 7.11 Å². The van der Waals surface area contributed by atoms with E-state index in [2.05, 4.69) is 4.98 Å². The van der Waals surface area contributed by atoms with Gasteiger partial charge in [-0.15, -0.1) is 12.4 Å². The van der Waals surface area contributed by atoms with Crippen molar-refractivity contribution in [2.45, 2.75) is 25.8 Å². The number of amides is 1.